The number of hydrogen-bond donors (Lipinski definition) is 2. The highest BCUT2D eigenvalue weighted by Crippen LogP contribution is 2.16. The van der Waals surface area contributed by atoms with E-state index in [-0.39, 0.29) is 12.6 Å². The molecule has 0 amide bonds. The molecule has 0 bridgehead atoms. The van der Waals surface area contributed by atoms with Crippen molar-refractivity contribution >= 4 is 14.8 Å². The first-order chi connectivity index (χ1) is 8.10. The van der Waals surface area contributed by atoms with Gasteiger partial charge in [-0.1, -0.05) is 45.7 Å². The van der Waals surface area contributed by atoms with E-state index in [9.17, 15) is 9.90 Å². The van der Waals surface area contributed by atoms with Crippen LogP contribution in [0.3, 0.4) is 0 Å². The average Bonchev–Trinajstić information content (AvgIpc) is 2.34. The van der Waals surface area contributed by atoms with Gasteiger partial charge >= 0.3 is 5.97 Å². The van der Waals surface area contributed by atoms with Crippen LogP contribution in [-0.4, -0.2) is 43.4 Å². The largest absolute Gasteiger partial charge is 0.464 e. The molecule has 0 aromatic rings. The Morgan fingerprint density at radius 3 is 2.12 bits per heavy atom. The summed E-state index contributed by atoms with van der Waals surface area (Å²) >= 11 is 0. The Bertz CT molecular complexity index is 205. The topological polar surface area (TPSA) is 66.8 Å². The number of rotatable bonds is 9. The van der Waals surface area contributed by atoms with Crippen LogP contribution < -0.4 is 0 Å². The first-order valence-corrected chi connectivity index (χ1v) is 8.42. The number of carbonyl (C=O) groups is 1. The van der Waals surface area contributed by atoms with Gasteiger partial charge in [-0.15, -0.1) is 0 Å². The van der Waals surface area contributed by atoms with E-state index >= 15 is 0 Å². The van der Waals surface area contributed by atoms with Crippen LogP contribution in [0, 0.1) is 0 Å². The van der Waals surface area contributed by atoms with Crippen LogP contribution in [0.4, 0.5) is 0 Å². The van der Waals surface area contributed by atoms with Crippen molar-refractivity contribution in [1.82, 2.24) is 0 Å². The number of carbonyl (C=O) groups excluding carboxylic acids is 1. The SMILES string of the molecule is CCC[Si](CCC)C(OC(=O)CC)C(O)CO. The van der Waals surface area contributed by atoms with E-state index in [0.29, 0.717) is 6.42 Å². The second-order valence-electron chi connectivity index (χ2n) is 4.17. The van der Waals surface area contributed by atoms with Crippen LogP contribution in [0.25, 0.3) is 0 Å². The van der Waals surface area contributed by atoms with Gasteiger partial charge in [0.15, 0.2) is 0 Å². The molecule has 2 N–H and O–H groups in total. The smallest absolute Gasteiger partial charge is 0.305 e. The zero-order valence-corrected chi connectivity index (χ0v) is 12.1. The van der Waals surface area contributed by atoms with Gasteiger partial charge in [0.2, 0.25) is 0 Å². The maximum atomic E-state index is 11.4. The predicted molar refractivity (Wildman–Crippen MR) is 69.2 cm³/mol. The number of ether oxygens (including phenoxy) is 1. The lowest BCUT2D eigenvalue weighted by molar-refractivity contribution is -0.150. The normalized spacial score (nSPS) is 14.7. The Hall–Kier alpha value is -0.393. The monoisotopic (exact) mass is 261 g/mol. The molecule has 0 saturated carbocycles. The molecule has 17 heavy (non-hydrogen) atoms. The van der Waals surface area contributed by atoms with Gasteiger partial charge in [-0.3, -0.25) is 4.79 Å². The molecular formula is C12H25O4Si. The standard InChI is InChI=1S/C12H25O4Si/c1-4-7-17(8-5-2)12(10(14)9-13)16-11(15)6-3/h10,12-14H,4-9H2,1-3H3. The minimum Gasteiger partial charge on any atom is -0.464 e. The molecule has 0 aromatic heterocycles. The van der Waals surface area contributed by atoms with Crippen LogP contribution >= 0.6 is 0 Å². The lowest BCUT2D eigenvalue weighted by atomic mass is 10.4. The van der Waals surface area contributed by atoms with Crippen molar-refractivity contribution < 1.29 is 19.7 Å². The second kappa shape index (κ2) is 9.62. The molecule has 2 unspecified atom stereocenters. The van der Waals surface area contributed by atoms with Gasteiger partial charge in [-0.2, -0.15) is 0 Å². The zero-order chi connectivity index (χ0) is 13.3. The van der Waals surface area contributed by atoms with E-state index in [0.717, 1.165) is 24.9 Å². The van der Waals surface area contributed by atoms with Crippen LogP contribution in [0.1, 0.15) is 40.0 Å². The highest BCUT2D eigenvalue weighted by molar-refractivity contribution is 6.60. The van der Waals surface area contributed by atoms with E-state index in [1.54, 1.807) is 6.92 Å². The summed E-state index contributed by atoms with van der Waals surface area (Å²) in [5, 5.41) is 18.8. The van der Waals surface area contributed by atoms with Crippen LogP contribution in [-0.2, 0) is 9.53 Å². The molecule has 0 heterocycles. The number of hydrogen-bond acceptors (Lipinski definition) is 4. The molecule has 0 saturated heterocycles. The molecule has 0 aliphatic heterocycles. The fourth-order valence-corrected chi connectivity index (χ4v) is 4.86. The van der Waals surface area contributed by atoms with E-state index in [4.69, 9.17) is 9.84 Å². The van der Waals surface area contributed by atoms with Gasteiger partial charge in [-0.05, 0) is 0 Å². The molecule has 0 spiro atoms. The fourth-order valence-electron chi connectivity index (χ4n) is 1.81. The molecule has 0 fully saturated rings. The third-order valence-electron chi connectivity index (χ3n) is 2.63. The van der Waals surface area contributed by atoms with Gasteiger partial charge < -0.3 is 14.9 Å². The van der Waals surface area contributed by atoms with Crippen molar-refractivity contribution in [2.24, 2.45) is 0 Å². The summed E-state index contributed by atoms with van der Waals surface area (Å²) in [5.74, 6) is -0.294. The van der Waals surface area contributed by atoms with E-state index in [1.165, 1.54) is 0 Å². The van der Waals surface area contributed by atoms with Crippen molar-refractivity contribution in [2.45, 2.75) is 64.0 Å². The summed E-state index contributed by atoms with van der Waals surface area (Å²) in [6.45, 7) is 5.56. The van der Waals surface area contributed by atoms with Gasteiger partial charge in [0, 0.05) is 6.42 Å². The van der Waals surface area contributed by atoms with Crippen molar-refractivity contribution in [1.29, 1.82) is 0 Å². The molecule has 101 valence electrons. The zero-order valence-electron chi connectivity index (χ0n) is 11.1. The Labute approximate surface area is 106 Å². The first-order valence-electron chi connectivity index (χ1n) is 6.43. The Balaban J connectivity index is 4.64. The summed E-state index contributed by atoms with van der Waals surface area (Å²) in [6.07, 6.45) is 1.42. The Morgan fingerprint density at radius 2 is 1.76 bits per heavy atom. The summed E-state index contributed by atoms with van der Waals surface area (Å²) in [7, 11) is -0.954. The summed E-state index contributed by atoms with van der Waals surface area (Å²) < 4.78 is 5.32. The molecule has 0 aromatic carbocycles. The average molecular weight is 261 g/mol. The molecule has 1 radical (unpaired) electrons. The van der Waals surface area contributed by atoms with Crippen LogP contribution in [0.5, 0.6) is 0 Å². The molecule has 5 heteroatoms. The minimum absolute atomic E-state index is 0.294. The van der Waals surface area contributed by atoms with Crippen LogP contribution in [0.15, 0.2) is 0 Å². The molecule has 4 nitrogen and oxygen atoms in total. The third kappa shape index (κ3) is 6.19. The fraction of sp³-hybridized carbons (Fsp3) is 0.917. The summed E-state index contributed by atoms with van der Waals surface area (Å²) in [5.41, 5.74) is -0.475. The van der Waals surface area contributed by atoms with E-state index < -0.39 is 20.6 Å². The maximum absolute atomic E-state index is 11.4. The predicted octanol–water partition coefficient (Wildman–Crippen LogP) is 1.52. The molecular weight excluding hydrogens is 236 g/mol. The van der Waals surface area contributed by atoms with Gasteiger partial charge in [0.1, 0.15) is 20.6 Å². The highest BCUT2D eigenvalue weighted by Gasteiger charge is 2.31. The second-order valence-corrected chi connectivity index (χ2v) is 7.06. The molecule has 2 atom stereocenters. The lowest BCUT2D eigenvalue weighted by Gasteiger charge is -2.28. The van der Waals surface area contributed by atoms with E-state index in [1.807, 2.05) is 0 Å². The number of esters is 1. The number of aliphatic hydroxyl groups is 2. The van der Waals surface area contributed by atoms with Gasteiger partial charge in [0.25, 0.3) is 0 Å². The maximum Gasteiger partial charge on any atom is 0.305 e. The van der Waals surface area contributed by atoms with E-state index in [2.05, 4.69) is 13.8 Å². The minimum atomic E-state index is -0.954. The quantitative estimate of drug-likeness (QED) is 0.488. The highest BCUT2D eigenvalue weighted by atomic mass is 28.3. The Kier molecular flexibility index (Phi) is 9.40. The molecule has 0 aliphatic rings. The van der Waals surface area contributed by atoms with Crippen molar-refractivity contribution in [2.75, 3.05) is 6.61 Å². The van der Waals surface area contributed by atoms with Crippen LogP contribution in [0.2, 0.25) is 12.1 Å². The van der Waals surface area contributed by atoms with Gasteiger partial charge in [0.05, 0.1) is 6.61 Å². The lowest BCUT2D eigenvalue weighted by Crippen LogP contribution is -2.45. The third-order valence-corrected chi connectivity index (χ3v) is 6.22. The molecule has 0 rings (SSSR count). The van der Waals surface area contributed by atoms with Crippen molar-refractivity contribution in [3.63, 3.8) is 0 Å². The van der Waals surface area contributed by atoms with Crippen molar-refractivity contribution in [3.05, 3.63) is 0 Å². The summed E-state index contributed by atoms with van der Waals surface area (Å²) in [6, 6.07) is 1.99. The Morgan fingerprint density at radius 1 is 1.24 bits per heavy atom. The number of aliphatic hydroxyl groups excluding tert-OH is 2. The summed E-state index contributed by atoms with van der Waals surface area (Å²) in [4.78, 5) is 11.4. The van der Waals surface area contributed by atoms with Gasteiger partial charge in [-0.25, -0.2) is 0 Å². The molecule has 0 aliphatic carbocycles. The first kappa shape index (κ1) is 16.6. The van der Waals surface area contributed by atoms with Crippen molar-refractivity contribution in [3.8, 4) is 0 Å².